The van der Waals surface area contributed by atoms with E-state index in [9.17, 15) is 13.2 Å². The van der Waals surface area contributed by atoms with E-state index in [-0.39, 0.29) is 27.9 Å². The fourth-order valence-electron chi connectivity index (χ4n) is 1.72. The van der Waals surface area contributed by atoms with Crippen LogP contribution in [-0.2, 0) is 0 Å². The maximum absolute atomic E-state index is 13.8. The minimum atomic E-state index is -2.71. The molecule has 2 aromatic rings. The molecule has 102 valence electrons. The molecule has 2 nitrogen and oxygen atoms in total. The third kappa shape index (κ3) is 2.76. The Bertz CT molecular complexity index is 594. The van der Waals surface area contributed by atoms with Crippen LogP contribution in [0.4, 0.5) is 13.2 Å². The van der Waals surface area contributed by atoms with Crippen LogP contribution < -0.4 is 0 Å². The zero-order valence-corrected chi connectivity index (χ0v) is 11.1. The summed E-state index contributed by atoms with van der Waals surface area (Å²) in [4.78, 5) is 0. The number of halogens is 4. The van der Waals surface area contributed by atoms with Crippen LogP contribution in [0.3, 0.4) is 0 Å². The number of nitrogens with zero attached hydrogens (tertiary/aromatic N) is 2. The molecule has 0 N–H and O–H groups in total. The SMILES string of the molecule is CC(C)n1cc(C(F)F)c(-c2ccc(Cl)cc2F)n1. The van der Waals surface area contributed by atoms with Crippen molar-refractivity contribution in [2.45, 2.75) is 26.3 Å². The minimum Gasteiger partial charge on any atom is -0.269 e. The molecule has 0 radical (unpaired) electrons. The summed E-state index contributed by atoms with van der Waals surface area (Å²) in [6.07, 6.45) is -1.46. The average molecular weight is 289 g/mol. The maximum atomic E-state index is 13.8. The van der Waals surface area contributed by atoms with Gasteiger partial charge in [-0.2, -0.15) is 5.10 Å². The molecule has 19 heavy (non-hydrogen) atoms. The molecular formula is C13H12ClF3N2. The van der Waals surface area contributed by atoms with E-state index < -0.39 is 12.2 Å². The van der Waals surface area contributed by atoms with Gasteiger partial charge in [-0.05, 0) is 32.0 Å². The third-order valence-electron chi connectivity index (χ3n) is 2.71. The minimum absolute atomic E-state index is 0.0269. The molecule has 0 atom stereocenters. The molecule has 0 aliphatic heterocycles. The predicted octanol–water partition coefficient (Wildman–Crippen LogP) is 4.86. The smallest absolute Gasteiger partial charge is 0.267 e. The third-order valence-corrected chi connectivity index (χ3v) is 2.95. The van der Waals surface area contributed by atoms with Gasteiger partial charge in [-0.1, -0.05) is 11.6 Å². The summed E-state index contributed by atoms with van der Waals surface area (Å²) >= 11 is 5.65. The van der Waals surface area contributed by atoms with Crippen LogP contribution in [0.5, 0.6) is 0 Å². The summed E-state index contributed by atoms with van der Waals surface area (Å²) in [6, 6.07) is 3.81. The lowest BCUT2D eigenvalue weighted by Crippen LogP contribution is -2.01. The molecule has 6 heteroatoms. The molecule has 0 aliphatic carbocycles. The van der Waals surface area contributed by atoms with E-state index in [0.29, 0.717) is 0 Å². The lowest BCUT2D eigenvalue weighted by molar-refractivity contribution is 0.152. The molecule has 0 bridgehead atoms. The van der Waals surface area contributed by atoms with E-state index in [1.165, 1.54) is 23.0 Å². The summed E-state index contributed by atoms with van der Waals surface area (Å²) in [6.45, 7) is 3.62. The van der Waals surface area contributed by atoms with Gasteiger partial charge in [0.05, 0.1) is 5.56 Å². The van der Waals surface area contributed by atoms with Crippen LogP contribution in [0.1, 0.15) is 31.9 Å². The molecule has 0 unspecified atom stereocenters. The van der Waals surface area contributed by atoms with Gasteiger partial charge in [0.15, 0.2) is 0 Å². The highest BCUT2D eigenvalue weighted by molar-refractivity contribution is 6.30. The summed E-state index contributed by atoms with van der Waals surface area (Å²) in [5, 5.41) is 4.26. The first-order chi connectivity index (χ1) is 8.90. The summed E-state index contributed by atoms with van der Waals surface area (Å²) in [5.74, 6) is -0.664. The highest BCUT2D eigenvalue weighted by atomic mass is 35.5. The fourth-order valence-corrected chi connectivity index (χ4v) is 1.88. The van der Waals surface area contributed by atoms with Crippen molar-refractivity contribution in [1.82, 2.24) is 9.78 Å². The van der Waals surface area contributed by atoms with E-state index in [2.05, 4.69) is 5.10 Å². The van der Waals surface area contributed by atoms with Crippen molar-refractivity contribution in [2.24, 2.45) is 0 Å². The molecule has 0 fully saturated rings. The van der Waals surface area contributed by atoms with E-state index in [0.717, 1.165) is 6.07 Å². The summed E-state index contributed by atoms with van der Waals surface area (Å²) < 4.78 is 41.2. The van der Waals surface area contributed by atoms with E-state index in [1.807, 2.05) is 13.8 Å². The van der Waals surface area contributed by atoms with Crippen LogP contribution in [0.25, 0.3) is 11.3 Å². The molecule has 1 aromatic heterocycles. The van der Waals surface area contributed by atoms with Gasteiger partial charge < -0.3 is 0 Å². The van der Waals surface area contributed by atoms with E-state index in [4.69, 9.17) is 11.6 Å². The number of hydrogen-bond donors (Lipinski definition) is 0. The van der Waals surface area contributed by atoms with Crippen molar-refractivity contribution in [1.29, 1.82) is 0 Å². The Kier molecular flexibility index (Phi) is 3.85. The van der Waals surface area contributed by atoms with Crippen LogP contribution in [-0.4, -0.2) is 9.78 Å². The molecule has 0 aliphatic rings. The highest BCUT2D eigenvalue weighted by Crippen LogP contribution is 2.33. The Hall–Kier alpha value is -1.49. The van der Waals surface area contributed by atoms with E-state index >= 15 is 0 Å². The standard InChI is InChI=1S/C13H12ClF3N2/c1-7(2)19-6-10(13(16)17)12(18-19)9-4-3-8(14)5-11(9)15/h3-7,13H,1-2H3. The number of rotatable bonds is 3. The Morgan fingerprint density at radius 3 is 2.47 bits per heavy atom. The zero-order chi connectivity index (χ0) is 14.2. The lowest BCUT2D eigenvalue weighted by Gasteiger charge is -2.04. The largest absolute Gasteiger partial charge is 0.269 e. The average Bonchev–Trinajstić information content (AvgIpc) is 2.73. The predicted molar refractivity (Wildman–Crippen MR) is 68.0 cm³/mol. The topological polar surface area (TPSA) is 17.8 Å². The Balaban J connectivity index is 2.60. The second-order valence-electron chi connectivity index (χ2n) is 4.43. The highest BCUT2D eigenvalue weighted by Gasteiger charge is 2.22. The molecule has 0 saturated carbocycles. The Morgan fingerprint density at radius 1 is 1.26 bits per heavy atom. The van der Waals surface area contributed by atoms with Gasteiger partial charge in [0.1, 0.15) is 11.5 Å². The van der Waals surface area contributed by atoms with Gasteiger partial charge >= 0.3 is 0 Å². The zero-order valence-electron chi connectivity index (χ0n) is 10.4. The van der Waals surface area contributed by atoms with Gasteiger partial charge in [0.25, 0.3) is 6.43 Å². The van der Waals surface area contributed by atoms with Gasteiger partial charge in [-0.25, -0.2) is 13.2 Å². The van der Waals surface area contributed by atoms with Crippen molar-refractivity contribution in [3.8, 4) is 11.3 Å². The molecular weight excluding hydrogens is 277 g/mol. The molecule has 1 heterocycles. The quantitative estimate of drug-likeness (QED) is 0.788. The normalized spacial score (nSPS) is 11.6. The number of hydrogen-bond acceptors (Lipinski definition) is 1. The first-order valence-electron chi connectivity index (χ1n) is 5.72. The van der Waals surface area contributed by atoms with Gasteiger partial charge in [0, 0.05) is 22.8 Å². The van der Waals surface area contributed by atoms with Crippen molar-refractivity contribution in [3.63, 3.8) is 0 Å². The Labute approximate surface area is 113 Å². The number of benzene rings is 1. The second kappa shape index (κ2) is 5.25. The molecule has 0 amide bonds. The van der Waals surface area contributed by atoms with Crippen LogP contribution in [0.2, 0.25) is 5.02 Å². The van der Waals surface area contributed by atoms with Crippen molar-refractivity contribution in [2.75, 3.05) is 0 Å². The second-order valence-corrected chi connectivity index (χ2v) is 4.87. The monoisotopic (exact) mass is 288 g/mol. The molecule has 0 saturated heterocycles. The van der Waals surface area contributed by atoms with Gasteiger partial charge in [-0.15, -0.1) is 0 Å². The first-order valence-corrected chi connectivity index (χ1v) is 6.10. The van der Waals surface area contributed by atoms with Crippen molar-refractivity contribution in [3.05, 3.63) is 40.8 Å². The molecule has 0 spiro atoms. The van der Waals surface area contributed by atoms with Crippen LogP contribution in [0, 0.1) is 5.82 Å². The van der Waals surface area contributed by atoms with E-state index in [1.54, 1.807) is 0 Å². The van der Waals surface area contributed by atoms with Crippen molar-refractivity contribution < 1.29 is 13.2 Å². The van der Waals surface area contributed by atoms with Gasteiger partial charge in [0.2, 0.25) is 0 Å². The molecule has 1 aromatic carbocycles. The summed E-state index contributed by atoms with van der Waals surface area (Å²) in [7, 11) is 0. The first kappa shape index (κ1) is 13.9. The van der Waals surface area contributed by atoms with Crippen LogP contribution >= 0.6 is 11.6 Å². The molecule has 2 rings (SSSR count). The Morgan fingerprint density at radius 2 is 1.95 bits per heavy atom. The summed E-state index contributed by atoms with van der Waals surface area (Å²) in [5.41, 5.74) is -0.299. The maximum Gasteiger partial charge on any atom is 0.267 e. The fraction of sp³-hybridized carbons (Fsp3) is 0.308. The van der Waals surface area contributed by atoms with Crippen molar-refractivity contribution >= 4 is 11.6 Å². The number of aromatic nitrogens is 2. The lowest BCUT2D eigenvalue weighted by atomic mass is 10.1. The number of alkyl halides is 2. The van der Waals surface area contributed by atoms with Gasteiger partial charge in [-0.3, -0.25) is 4.68 Å². The van der Waals surface area contributed by atoms with Crippen LogP contribution in [0.15, 0.2) is 24.4 Å².